The molecule has 154 valence electrons. The Bertz CT molecular complexity index is 1110. The Labute approximate surface area is 175 Å². The standard InChI is InChI=1S/C24H24F2N4/c1-3-5-20-13-18(10-11-28-20)24(15-30(2)23(27)29-24)17-7-4-6-16(12-17)21-14-19(25)8-9-22(21)26/h4,6-14H,3,5,15H2,1-2H3,(H2,27,29). The minimum absolute atomic E-state index is 0.219. The second kappa shape index (κ2) is 7.86. The molecule has 0 spiro atoms. The van der Waals surface area contributed by atoms with Gasteiger partial charge in [0, 0.05) is 24.5 Å². The maximum atomic E-state index is 14.4. The molecule has 3 aromatic rings. The van der Waals surface area contributed by atoms with Gasteiger partial charge in [-0.05, 0) is 59.5 Å². The van der Waals surface area contributed by atoms with Gasteiger partial charge in [0.2, 0.25) is 0 Å². The molecule has 1 unspecified atom stereocenters. The van der Waals surface area contributed by atoms with E-state index in [2.05, 4.69) is 18.0 Å². The minimum atomic E-state index is -0.746. The van der Waals surface area contributed by atoms with Gasteiger partial charge >= 0.3 is 0 Å². The highest BCUT2D eigenvalue weighted by Gasteiger charge is 2.41. The molecule has 0 bridgehead atoms. The van der Waals surface area contributed by atoms with Crippen molar-refractivity contribution in [3.05, 3.63) is 89.2 Å². The molecule has 4 rings (SSSR count). The van der Waals surface area contributed by atoms with Gasteiger partial charge in [0.1, 0.15) is 17.2 Å². The number of aliphatic imine (C=N–C) groups is 1. The maximum Gasteiger partial charge on any atom is 0.192 e. The highest BCUT2D eigenvalue weighted by molar-refractivity contribution is 5.82. The van der Waals surface area contributed by atoms with E-state index in [-0.39, 0.29) is 5.56 Å². The largest absolute Gasteiger partial charge is 0.370 e. The zero-order chi connectivity index (χ0) is 21.3. The molecule has 6 heteroatoms. The first-order chi connectivity index (χ1) is 14.4. The van der Waals surface area contributed by atoms with E-state index >= 15 is 0 Å². The number of halogens is 2. The number of aromatic nitrogens is 1. The summed E-state index contributed by atoms with van der Waals surface area (Å²) in [6.07, 6.45) is 3.65. The van der Waals surface area contributed by atoms with Crippen molar-refractivity contribution >= 4 is 5.96 Å². The molecule has 4 nitrogen and oxygen atoms in total. The summed E-state index contributed by atoms with van der Waals surface area (Å²) in [5.74, 6) is -0.512. The summed E-state index contributed by atoms with van der Waals surface area (Å²) >= 11 is 0. The zero-order valence-corrected chi connectivity index (χ0v) is 17.1. The lowest BCUT2D eigenvalue weighted by Gasteiger charge is -2.29. The summed E-state index contributed by atoms with van der Waals surface area (Å²) < 4.78 is 28.2. The summed E-state index contributed by atoms with van der Waals surface area (Å²) in [7, 11) is 1.89. The second-order valence-electron chi connectivity index (χ2n) is 7.68. The normalized spacial score (nSPS) is 18.5. The first-order valence-corrected chi connectivity index (χ1v) is 10.0. The molecule has 2 heterocycles. The van der Waals surface area contributed by atoms with Crippen LogP contribution in [0.25, 0.3) is 11.1 Å². The number of guanidine groups is 1. The van der Waals surface area contributed by atoms with Gasteiger partial charge in [0.25, 0.3) is 0 Å². The fourth-order valence-corrected chi connectivity index (χ4v) is 4.01. The fourth-order valence-electron chi connectivity index (χ4n) is 4.01. The van der Waals surface area contributed by atoms with E-state index in [1.807, 2.05) is 36.2 Å². The molecule has 0 radical (unpaired) electrons. The molecular weight excluding hydrogens is 382 g/mol. The molecule has 1 atom stereocenters. The third-order valence-corrected chi connectivity index (χ3v) is 5.54. The lowest BCUT2D eigenvalue weighted by atomic mass is 9.82. The van der Waals surface area contributed by atoms with Crippen molar-refractivity contribution < 1.29 is 8.78 Å². The zero-order valence-electron chi connectivity index (χ0n) is 17.1. The smallest absolute Gasteiger partial charge is 0.192 e. The SMILES string of the molecule is CCCc1cc(C2(c3cccc(-c4cc(F)ccc4F)c3)CN(C)C(N)=N2)ccn1. The molecule has 1 aliphatic rings. The number of rotatable bonds is 5. The van der Waals surface area contributed by atoms with Crippen LogP contribution in [0.4, 0.5) is 8.78 Å². The summed E-state index contributed by atoms with van der Waals surface area (Å²) in [4.78, 5) is 11.2. The lowest BCUT2D eigenvalue weighted by molar-refractivity contribution is 0.432. The van der Waals surface area contributed by atoms with Gasteiger partial charge in [-0.3, -0.25) is 4.98 Å². The van der Waals surface area contributed by atoms with Crippen molar-refractivity contribution in [2.75, 3.05) is 13.6 Å². The fraction of sp³-hybridized carbons (Fsp3) is 0.250. The Kier molecular flexibility index (Phi) is 5.24. The van der Waals surface area contributed by atoms with Crippen LogP contribution in [0, 0.1) is 11.6 Å². The Morgan fingerprint density at radius 2 is 1.87 bits per heavy atom. The number of benzene rings is 2. The van der Waals surface area contributed by atoms with E-state index in [9.17, 15) is 8.78 Å². The van der Waals surface area contributed by atoms with E-state index in [0.717, 1.165) is 41.8 Å². The molecule has 1 aromatic heterocycles. The number of nitrogens with two attached hydrogens (primary N) is 1. The van der Waals surface area contributed by atoms with Gasteiger partial charge in [-0.15, -0.1) is 0 Å². The quantitative estimate of drug-likeness (QED) is 0.680. The molecule has 2 N–H and O–H groups in total. The van der Waals surface area contributed by atoms with Crippen LogP contribution in [0.2, 0.25) is 0 Å². The predicted molar refractivity (Wildman–Crippen MR) is 115 cm³/mol. The minimum Gasteiger partial charge on any atom is -0.370 e. The van der Waals surface area contributed by atoms with Gasteiger partial charge in [0.15, 0.2) is 5.96 Å². The van der Waals surface area contributed by atoms with Crippen molar-refractivity contribution in [1.29, 1.82) is 0 Å². The van der Waals surface area contributed by atoms with Crippen molar-refractivity contribution in [2.24, 2.45) is 10.7 Å². The molecule has 0 saturated carbocycles. The molecule has 2 aromatic carbocycles. The molecule has 1 aliphatic heterocycles. The molecule has 0 aliphatic carbocycles. The van der Waals surface area contributed by atoms with Gasteiger partial charge in [0.05, 0.1) is 6.54 Å². The number of likely N-dealkylation sites (N-methyl/N-ethyl adjacent to an activating group) is 1. The number of nitrogens with zero attached hydrogens (tertiary/aromatic N) is 3. The van der Waals surface area contributed by atoms with E-state index in [1.54, 1.807) is 12.3 Å². The van der Waals surface area contributed by atoms with Gasteiger partial charge in [-0.2, -0.15) is 0 Å². The topological polar surface area (TPSA) is 54.5 Å². The van der Waals surface area contributed by atoms with Crippen molar-refractivity contribution in [2.45, 2.75) is 25.3 Å². The summed E-state index contributed by atoms with van der Waals surface area (Å²) in [5, 5.41) is 0. The van der Waals surface area contributed by atoms with Crippen LogP contribution in [0.5, 0.6) is 0 Å². The Morgan fingerprint density at radius 3 is 2.60 bits per heavy atom. The first kappa shape index (κ1) is 20.0. The van der Waals surface area contributed by atoms with E-state index in [0.29, 0.717) is 18.1 Å². The van der Waals surface area contributed by atoms with Crippen LogP contribution in [-0.2, 0) is 12.0 Å². The van der Waals surface area contributed by atoms with Crippen molar-refractivity contribution in [3.8, 4) is 11.1 Å². The highest BCUT2D eigenvalue weighted by Crippen LogP contribution is 2.40. The van der Waals surface area contributed by atoms with Crippen LogP contribution >= 0.6 is 0 Å². The van der Waals surface area contributed by atoms with E-state index in [4.69, 9.17) is 10.7 Å². The predicted octanol–water partition coefficient (Wildman–Crippen LogP) is 4.48. The summed E-state index contributed by atoms with van der Waals surface area (Å²) in [6.45, 7) is 2.66. The van der Waals surface area contributed by atoms with Crippen molar-refractivity contribution in [3.63, 3.8) is 0 Å². The lowest BCUT2D eigenvalue weighted by Crippen LogP contribution is -2.35. The second-order valence-corrected chi connectivity index (χ2v) is 7.68. The number of pyridine rings is 1. The van der Waals surface area contributed by atoms with Gasteiger partial charge in [-0.25, -0.2) is 13.8 Å². The molecule has 0 amide bonds. The highest BCUT2D eigenvalue weighted by atomic mass is 19.1. The van der Waals surface area contributed by atoms with E-state index in [1.165, 1.54) is 6.07 Å². The number of hydrogen-bond donors (Lipinski definition) is 1. The maximum absolute atomic E-state index is 14.4. The summed E-state index contributed by atoms with van der Waals surface area (Å²) in [6, 6.07) is 14.9. The van der Waals surface area contributed by atoms with Crippen LogP contribution in [0.3, 0.4) is 0 Å². The number of hydrogen-bond acceptors (Lipinski definition) is 4. The molecule has 30 heavy (non-hydrogen) atoms. The Balaban J connectivity index is 1.88. The molecule has 0 saturated heterocycles. The summed E-state index contributed by atoms with van der Waals surface area (Å²) in [5.41, 5.74) is 9.07. The molecule has 0 fully saturated rings. The van der Waals surface area contributed by atoms with Gasteiger partial charge < -0.3 is 10.6 Å². The van der Waals surface area contributed by atoms with Crippen LogP contribution in [-0.4, -0.2) is 29.4 Å². The third-order valence-electron chi connectivity index (χ3n) is 5.54. The first-order valence-electron chi connectivity index (χ1n) is 10.0. The van der Waals surface area contributed by atoms with Crippen LogP contribution < -0.4 is 5.73 Å². The monoisotopic (exact) mass is 406 g/mol. The van der Waals surface area contributed by atoms with Crippen molar-refractivity contribution in [1.82, 2.24) is 9.88 Å². The average Bonchev–Trinajstić information content (AvgIpc) is 3.06. The molecular formula is C24H24F2N4. The van der Waals surface area contributed by atoms with Crippen LogP contribution in [0.15, 0.2) is 65.8 Å². The number of aryl methyl sites for hydroxylation is 1. The van der Waals surface area contributed by atoms with Gasteiger partial charge in [-0.1, -0.05) is 31.5 Å². The van der Waals surface area contributed by atoms with Crippen LogP contribution in [0.1, 0.15) is 30.2 Å². The Morgan fingerprint density at radius 1 is 1.07 bits per heavy atom. The third kappa shape index (κ3) is 3.54. The van der Waals surface area contributed by atoms with E-state index < -0.39 is 17.2 Å². The Hall–Kier alpha value is -3.28. The average molecular weight is 406 g/mol.